The van der Waals surface area contributed by atoms with Crippen LogP contribution in [0.4, 0.5) is 5.69 Å². The zero-order valence-electron chi connectivity index (χ0n) is 19.6. The lowest BCUT2D eigenvalue weighted by molar-refractivity contribution is -0.137. The fourth-order valence-electron chi connectivity index (χ4n) is 4.83. The third-order valence-electron chi connectivity index (χ3n) is 6.99. The van der Waals surface area contributed by atoms with Crippen LogP contribution in [0.5, 0.6) is 0 Å². The minimum Gasteiger partial charge on any atom is -0.368 e. The van der Waals surface area contributed by atoms with E-state index >= 15 is 0 Å². The predicted molar refractivity (Wildman–Crippen MR) is 138 cm³/mol. The highest BCUT2D eigenvalue weighted by atomic mass is 35.5. The average molecular weight is 525 g/mol. The maximum Gasteiger partial charge on any atom is 0.227 e. The number of sulfonamides is 1. The second kappa shape index (κ2) is 10.4. The summed E-state index contributed by atoms with van der Waals surface area (Å²) in [6.45, 7) is 7.76. The Hall–Kier alpha value is -1.80. The minimum atomic E-state index is -3.60. The first-order valence-corrected chi connectivity index (χ1v) is 14.0. The van der Waals surface area contributed by atoms with Crippen molar-refractivity contribution < 1.29 is 13.2 Å². The van der Waals surface area contributed by atoms with E-state index in [1.807, 2.05) is 4.90 Å². The topological polar surface area (TPSA) is 60.9 Å². The second-order valence-electron chi connectivity index (χ2n) is 9.22. The molecule has 0 aliphatic carbocycles. The van der Waals surface area contributed by atoms with Gasteiger partial charge in [0.2, 0.25) is 15.9 Å². The van der Waals surface area contributed by atoms with Crippen molar-refractivity contribution >= 4 is 44.8 Å². The van der Waals surface area contributed by atoms with Gasteiger partial charge in [0.25, 0.3) is 0 Å². The molecule has 2 heterocycles. The molecule has 0 bridgehead atoms. The molecule has 0 spiro atoms. The molecule has 2 aromatic rings. The standard InChI is InChI=1S/C25H31Cl2N3O3S/c1-18-5-3-7-24(19(18)2)28-11-13-29(14-12-28)25(31)20-6-4-10-30(16-20)34(32,33)17-21-8-9-22(26)15-23(21)27/h3,5,7-9,15,20H,4,6,10-14,16-17H2,1-2H3/t20-/m1/s1. The number of hydrogen-bond donors (Lipinski definition) is 0. The van der Waals surface area contributed by atoms with Gasteiger partial charge in [0.05, 0.1) is 11.7 Å². The van der Waals surface area contributed by atoms with Gasteiger partial charge in [-0.05, 0) is 61.6 Å². The number of halogens is 2. The SMILES string of the molecule is Cc1cccc(N2CCN(C(=O)[C@@H]3CCCN(S(=O)(=O)Cc4ccc(Cl)cc4Cl)C3)CC2)c1C. The van der Waals surface area contributed by atoms with Gasteiger partial charge in [-0.3, -0.25) is 4.79 Å². The molecule has 2 aliphatic rings. The summed E-state index contributed by atoms with van der Waals surface area (Å²) in [6.07, 6.45) is 1.39. The molecule has 184 valence electrons. The van der Waals surface area contributed by atoms with Crippen LogP contribution in [0.3, 0.4) is 0 Å². The van der Waals surface area contributed by atoms with Crippen molar-refractivity contribution in [3.8, 4) is 0 Å². The van der Waals surface area contributed by atoms with Crippen LogP contribution < -0.4 is 4.90 Å². The summed E-state index contributed by atoms with van der Waals surface area (Å²) in [5.41, 5.74) is 4.28. The fraction of sp³-hybridized carbons (Fsp3) is 0.480. The minimum absolute atomic E-state index is 0.0602. The summed E-state index contributed by atoms with van der Waals surface area (Å²) in [4.78, 5) is 17.5. The van der Waals surface area contributed by atoms with Gasteiger partial charge >= 0.3 is 0 Å². The number of piperazine rings is 1. The highest BCUT2D eigenvalue weighted by Crippen LogP contribution is 2.28. The van der Waals surface area contributed by atoms with Crippen molar-refractivity contribution in [2.24, 2.45) is 5.92 Å². The highest BCUT2D eigenvalue weighted by molar-refractivity contribution is 7.88. The summed E-state index contributed by atoms with van der Waals surface area (Å²) in [6, 6.07) is 11.2. The Morgan fingerprint density at radius 1 is 1.03 bits per heavy atom. The van der Waals surface area contributed by atoms with E-state index in [0.717, 1.165) is 13.1 Å². The molecule has 9 heteroatoms. The molecule has 1 atom stereocenters. The van der Waals surface area contributed by atoms with E-state index in [1.54, 1.807) is 18.2 Å². The number of carbonyl (C=O) groups excluding carboxylic acids is 1. The number of rotatable bonds is 5. The van der Waals surface area contributed by atoms with Gasteiger partial charge < -0.3 is 9.80 Å². The summed E-state index contributed by atoms with van der Waals surface area (Å²) in [5.74, 6) is -0.445. The van der Waals surface area contributed by atoms with Gasteiger partial charge in [-0.25, -0.2) is 12.7 Å². The van der Waals surface area contributed by atoms with Crippen LogP contribution in [0.2, 0.25) is 10.0 Å². The molecule has 0 aromatic heterocycles. The van der Waals surface area contributed by atoms with Gasteiger partial charge in [-0.15, -0.1) is 0 Å². The smallest absolute Gasteiger partial charge is 0.227 e. The van der Waals surface area contributed by atoms with Crippen molar-refractivity contribution in [3.63, 3.8) is 0 Å². The highest BCUT2D eigenvalue weighted by Gasteiger charge is 2.35. The van der Waals surface area contributed by atoms with Crippen molar-refractivity contribution in [2.45, 2.75) is 32.4 Å². The molecule has 2 saturated heterocycles. The number of anilines is 1. The summed E-state index contributed by atoms with van der Waals surface area (Å²) < 4.78 is 27.7. The Balaban J connectivity index is 1.37. The zero-order valence-corrected chi connectivity index (χ0v) is 22.0. The number of nitrogens with zero attached hydrogens (tertiary/aromatic N) is 3. The van der Waals surface area contributed by atoms with Crippen LogP contribution in [0.15, 0.2) is 36.4 Å². The maximum atomic E-state index is 13.3. The van der Waals surface area contributed by atoms with E-state index in [4.69, 9.17) is 23.2 Å². The van der Waals surface area contributed by atoms with E-state index in [2.05, 4.69) is 36.9 Å². The lowest BCUT2D eigenvalue weighted by atomic mass is 9.97. The normalized spacial score (nSPS) is 19.9. The van der Waals surface area contributed by atoms with Crippen molar-refractivity contribution in [1.29, 1.82) is 0 Å². The fourth-order valence-corrected chi connectivity index (χ4v) is 7.02. The van der Waals surface area contributed by atoms with Crippen molar-refractivity contribution in [2.75, 3.05) is 44.2 Å². The first-order chi connectivity index (χ1) is 16.2. The molecule has 2 fully saturated rings. The third-order valence-corrected chi connectivity index (χ3v) is 9.37. The summed E-state index contributed by atoms with van der Waals surface area (Å²) >= 11 is 12.1. The number of amides is 1. The van der Waals surface area contributed by atoms with E-state index in [-0.39, 0.29) is 24.1 Å². The van der Waals surface area contributed by atoms with Crippen LogP contribution >= 0.6 is 23.2 Å². The maximum absolute atomic E-state index is 13.3. The van der Waals surface area contributed by atoms with Crippen molar-refractivity contribution in [1.82, 2.24) is 9.21 Å². The Labute approximate surface area is 212 Å². The summed E-state index contributed by atoms with van der Waals surface area (Å²) in [5, 5.41) is 0.801. The first kappa shape index (κ1) is 25.3. The number of carbonyl (C=O) groups is 1. The van der Waals surface area contributed by atoms with Gasteiger partial charge in [0.15, 0.2) is 0 Å². The van der Waals surface area contributed by atoms with Crippen LogP contribution in [0.1, 0.15) is 29.5 Å². The number of benzene rings is 2. The quantitative estimate of drug-likeness (QED) is 0.578. The molecule has 0 unspecified atom stereocenters. The largest absolute Gasteiger partial charge is 0.368 e. The van der Waals surface area contributed by atoms with Crippen molar-refractivity contribution in [3.05, 3.63) is 63.1 Å². The molecule has 2 aromatic carbocycles. The molecule has 2 aliphatic heterocycles. The monoisotopic (exact) mass is 523 g/mol. The third kappa shape index (κ3) is 5.54. The zero-order chi connectivity index (χ0) is 24.5. The first-order valence-electron chi connectivity index (χ1n) is 11.7. The molecular weight excluding hydrogens is 493 g/mol. The van der Waals surface area contributed by atoms with E-state index in [0.29, 0.717) is 48.1 Å². The number of aryl methyl sites for hydroxylation is 1. The molecular formula is C25H31Cl2N3O3S. The van der Waals surface area contributed by atoms with Gasteiger partial charge in [0.1, 0.15) is 0 Å². The lowest BCUT2D eigenvalue weighted by Crippen LogP contribution is -2.53. The predicted octanol–water partition coefficient (Wildman–Crippen LogP) is 4.50. The Kier molecular flexibility index (Phi) is 7.77. The van der Waals surface area contributed by atoms with E-state index < -0.39 is 10.0 Å². The van der Waals surface area contributed by atoms with E-state index in [1.165, 1.54) is 21.1 Å². The molecule has 0 N–H and O–H groups in total. The Morgan fingerprint density at radius 3 is 2.47 bits per heavy atom. The Morgan fingerprint density at radius 2 is 1.76 bits per heavy atom. The number of piperidine rings is 1. The summed E-state index contributed by atoms with van der Waals surface area (Å²) in [7, 11) is -3.60. The van der Waals surface area contributed by atoms with Crippen LogP contribution in [0, 0.1) is 19.8 Å². The average Bonchev–Trinajstić information content (AvgIpc) is 2.82. The second-order valence-corrected chi connectivity index (χ2v) is 12.0. The molecule has 4 rings (SSSR count). The number of hydrogen-bond acceptors (Lipinski definition) is 4. The van der Waals surface area contributed by atoms with Gasteiger partial charge in [-0.1, -0.05) is 41.4 Å². The van der Waals surface area contributed by atoms with Crippen LogP contribution in [-0.4, -0.2) is 62.8 Å². The molecule has 6 nitrogen and oxygen atoms in total. The van der Waals surface area contributed by atoms with Gasteiger partial charge in [0, 0.05) is 55.0 Å². The Bertz CT molecular complexity index is 1160. The molecule has 0 radical (unpaired) electrons. The molecule has 0 saturated carbocycles. The van der Waals surface area contributed by atoms with Crippen LogP contribution in [0.25, 0.3) is 0 Å². The lowest BCUT2D eigenvalue weighted by Gasteiger charge is -2.40. The van der Waals surface area contributed by atoms with Crippen LogP contribution in [-0.2, 0) is 20.6 Å². The molecule has 34 heavy (non-hydrogen) atoms. The van der Waals surface area contributed by atoms with Gasteiger partial charge in [-0.2, -0.15) is 0 Å². The van der Waals surface area contributed by atoms with E-state index in [9.17, 15) is 13.2 Å². The molecule has 1 amide bonds.